The van der Waals surface area contributed by atoms with Gasteiger partial charge >= 0.3 is 5.97 Å². The van der Waals surface area contributed by atoms with Crippen molar-refractivity contribution < 1.29 is 23.1 Å². The Kier molecular flexibility index (Phi) is 5.77. The maximum atomic E-state index is 11.5. The number of hydrogen-bond donors (Lipinski definition) is 2. The van der Waals surface area contributed by atoms with Gasteiger partial charge in [0.2, 0.25) is 10.0 Å². The van der Waals surface area contributed by atoms with Crippen LogP contribution in [0.4, 0.5) is 0 Å². The summed E-state index contributed by atoms with van der Waals surface area (Å²) in [5.74, 6) is -1.20. The fourth-order valence-corrected chi connectivity index (χ4v) is 2.08. The second-order valence-electron chi connectivity index (χ2n) is 3.31. The lowest BCUT2D eigenvalue weighted by atomic mass is 10.3. The van der Waals surface area contributed by atoms with Crippen LogP contribution in [0.3, 0.4) is 0 Å². The summed E-state index contributed by atoms with van der Waals surface area (Å²) >= 11 is 0. The van der Waals surface area contributed by atoms with Crippen molar-refractivity contribution in [2.24, 2.45) is 0 Å². The van der Waals surface area contributed by atoms with E-state index in [9.17, 15) is 13.2 Å². The fourth-order valence-electron chi connectivity index (χ4n) is 0.852. The Morgan fingerprint density at radius 3 is 2.40 bits per heavy atom. The molecule has 0 aliphatic carbocycles. The number of methoxy groups -OCH3 is 1. The molecule has 90 valence electrons. The Hall–Kier alpha value is -0.660. The standard InChI is InChI=1S/C8H17NO5S/c1-6(4-5-14-3)15(12,13)9-7(2)8(10)11/h6-7,9H,4-5H2,1-3H3,(H,10,11)/t6?,7-/m0/s1. The molecule has 0 aromatic rings. The second-order valence-corrected chi connectivity index (χ2v) is 5.45. The third-order valence-corrected chi connectivity index (χ3v) is 3.95. The first-order chi connectivity index (χ1) is 6.81. The molecule has 0 amide bonds. The molecule has 0 radical (unpaired) electrons. The molecule has 0 fully saturated rings. The van der Waals surface area contributed by atoms with Gasteiger partial charge in [-0.15, -0.1) is 0 Å². The molecule has 0 aliphatic rings. The number of hydrogen-bond acceptors (Lipinski definition) is 4. The Morgan fingerprint density at radius 1 is 1.47 bits per heavy atom. The molecule has 0 saturated heterocycles. The van der Waals surface area contributed by atoms with Crippen molar-refractivity contribution in [1.82, 2.24) is 4.72 Å². The summed E-state index contributed by atoms with van der Waals surface area (Å²) in [6.45, 7) is 3.11. The lowest BCUT2D eigenvalue weighted by molar-refractivity contribution is -0.138. The van der Waals surface area contributed by atoms with Crippen molar-refractivity contribution >= 4 is 16.0 Å². The topological polar surface area (TPSA) is 92.7 Å². The lowest BCUT2D eigenvalue weighted by Crippen LogP contribution is -2.42. The SMILES string of the molecule is COCCC(C)S(=O)(=O)N[C@@H](C)C(=O)O. The van der Waals surface area contributed by atoms with Crippen LogP contribution in [-0.2, 0) is 19.6 Å². The van der Waals surface area contributed by atoms with E-state index >= 15 is 0 Å². The largest absolute Gasteiger partial charge is 0.480 e. The van der Waals surface area contributed by atoms with E-state index < -0.39 is 27.3 Å². The first-order valence-electron chi connectivity index (χ1n) is 4.54. The maximum Gasteiger partial charge on any atom is 0.321 e. The molecular weight excluding hydrogens is 222 g/mol. The minimum absolute atomic E-state index is 0.323. The van der Waals surface area contributed by atoms with Crippen LogP contribution < -0.4 is 4.72 Å². The molecule has 0 bridgehead atoms. The van der Waals surface area contributed by atoms with Gasteiger partial charge in [0.15, 0.2) is 0 Å². The molecular formula is C8H17NO5S. The van der Waals surface area contributed by atoms with Crippen LogP contribution in [0.15, 0.2) is 0 Å². The molecule has 2 N–H and O–H groups in total. The van der Waals surface area contributed by atoms with Crippen LogP contribution in [-0.4, -0.2) is 44.5 Å². The minimum Gasteiger partial charge on any atom is -0.480 e. The highest BCUT2D eigenvalue weighted by molar-refractivity contribution is 7.90. The quantitative estimate of drug-likeness (QED) is 0.642. The number of nitrogens with one attached hydrogen (secondary N) is 1. The van der Waals surface area contributed by atoms with Crippen molar-refractivity contribution in [3.05, 3.63) is 0 Å². The highest BCUT2D eigenvalue weighted by atomic mass is 32.2. The van der Waals surface area contributed by atoms with Gasteiger partial charge in [0.25, 0.3) is 0 Å². The van der Waals surface area contributed by atoms with Gasteiger partial charge in [-0.3, -0.25) is 4.79 Å². The predicted molar refractivity (Wildman–Crippen MR) is 55.1 cm³/mol. The Balaban J connectivity index is 4.35. The van der Waals surface area contributed by atoms with E-state index in [0.717, 1.165) is 0 Å². The average molecular weight is 239 g/mol. The number of carboxylic acids is 1. The van der Waals surface area contributed by atoms with Crippen molar-refractivity contribution in [2.45, 2.75) is 31.6 Å². The average Bonchev–Trinajstić information content (AvgIpc) is 2.13. The van der Waals surface area contributed by atoms with Crippen molar-refractivity contribution in [1.29, 1.82) is 0 Å². The molecule has 0 aromatic heterocycles. The molecule has 0 rings (SSSR count). The fraction of sp³-hybridized carbons (Fsp3) is 0.875. The monoisotopic (exact) mass is 239 g/mol. The zero-order chi connectivity index (χ0) is 12.1. The van der Waals surface area contributed by atoms with Crippen LogP contribution >= 0.6 is 0 Å². The van der Waals surface area contributed by atoms with E-state index in [1.807, 2.05) is 0 Å². The number of rotatable bonds is 7. The van der Waals surface area contributed by atoms with Crippen LogP contribution in [0.25, 0.3) is 0 Å². The third-order valence-electron chi connectivity index (χ3n) is 1.97. The second kappa shape index (κ2) is 6.04. The van der Waals surface area contributed by atoms with Gasteiger partial charge in [-0.25, -0.2) is 13.1 Å². The van der Waals surface area contributed by atoms with E-state index in [1.54, 1.807) is 0 Å². The molecule has 0 saturated carbocycles. The van der Waals surface area contributed by atoms with Crippen LogP contribution in [0.1, 0.15) is 20.3 Å². The maximum absolute atomic E-state index is 11.5. The summed E-state index contributed by atoms with van der Waals surface area (Å²) in [4.78, 5) is 10.5. The van der Waals surface area contributed by atoms with Gasteiger partial charge in [0.1, 0.15) is 6.04 Å². The smallest absolute Gasteiger partial charge is 0.321 e. The minimum atomic E-state index is -3.59. The van der Waals surface area contributed by atoms with E-state index in [4.69, 9.17) is 9.84 Å². The van der Waals surface area contributed by atoms with E-state index in [1.165, 1.54) is 21.0 Å². The van der Waals surface area contributed by atoms with Gasteiger partial charge in [0, 0.05) is 13.7 Å². The summed E-state index contributed by atoms with van der Waals surface area (Å²) in [5, 5.41) is 7.88. The molecule has 1 unspecified atom stereocenters. The summed E-state index contributed by atoms with van der Waals surface area (Å²) in [6, 6.07) is -1.11. The molecule has 6 nitrogen and oxygen atoms in total. The van der Waals surface area contributed by atoms with Gasteiger partial charge < -0.3 is 9.84 Å². The normalized spacial score (nSPS) is 15.9. The van der Waals surface area contributed by atoms with Gasteiger partial charge in [-0.2, -0.15) is 0 Å². The number of carbonyl (C=O) groups is 1. The molecule has 0 aliphatic heterocycles. The number of carboxylic acid groups (broad SMARTS) is 1. The highest BCUT2D eigenvalue weighted by Crippen LogP contribution is 2.04. The number of sulfonamides is 1. The van der Waals surface area contributed by atoms with Crippen molar-refractivity contribution in [3.63, 3.8) is 0 Å². The zero-order valence-corrected chi connectivity index (χ0v) is 9.87. The van der Waals surface area contributed by atoms with Gasteiger partial charge in [-0.1, -0.05) is 0 Å². The van der Waals surface area contributed by atoms with E-state index in [0.29, 0.717) is 13.0 Å². The summed E-state index contributed by atoms with van der Waals surface area (Å²) < 4.78 is 29.9. The molecule has 15 heavy (non-hydrogen) atoms. The van der Waals surface area contributed by atoms with Crippen LogP contribution in [0.5, 0.6) is 0 Å². The molecule has 0 spiro atoms. The molecule has 2 atom stereocenters. The van der Waals surface area contributed by atoms with Gasteiger partial charge in [-0.05, 0) is 20.3 Å². The lowest BCUT2D eigenvalue weighted by Gasteiger charge is -2.15. The first-order valence-corrected chi connectivity index (χ1v) is 6.08. The number of aliphatic carboxylic acids is 1. The molecule has 0 aromatic carbocycles. The summed E-state index contributed by atoms with van der Waals surface area (Å²) in [7, 11) is -2.11. The predicted octanol–water partition coefficient (Wildman–Crippen LogP) is -0.196. The van der Waals surface area contributed by atoms with Crippen LogP contribution in [0, 0.1) is 0 Å². The Morgan fingerprint density at radius 2 is 2.00 bits per heavy atom. The Bertz CT molecular complexity index is 300. The first kappa shape index (κ1) is 14.3. The van der Waals surface area contributed by atoms with Crippen molar-refractivity contribution in [3.8, 4) is 0 Å². The zero-order valence-electron chi connectivity index (χ0n) is 9.06. The third kappa shape index (κ3) is 5.10. The van der Waals surface area contributed by atoms with E-state index in [-0.39, 0.29) is 0 Å². The molecule has 0 heterocycles. The van der Waals surface area contributed by atoms with Crippen LogP contribution in [0.2, 0.25) is 0 Å². The number of ether oxygens (including phenoxy) is 1. The van der Waals surface area contributed by atoms with Crippen molar-refractivity contribution in [2.75, 3.05) is 13.7 Å². The van der Waals surface area contributed by atoms with E-state index in [2.05, 4.69) is 4.72 Å². The molecule has 7 heteroatoms. The highest BCUT2D eigenvalue weighted by Gasteiger charge is 2.25. The Labute approximate surface area is 89.7 Å². The summed E-state index contributed by atoms with van der Waals surface area (Å²) in [5.41, 5.74) is 0. The summed E-state index contributed by atoms with van der Waals surface area (Å²) in [6.07, 6.45) is 0.332. The van der Waals surface area contributed by atoms with Gasteiger partial charge in [0.05, 0.1) is 5.25 Å².